The summed E-state index contributed by atoms with van der Waals surface area (Å²) < 4.78 is 9.55. The topological polar surface area (TPSA) is 112 Å². The smallest absolute Gasteiger partial charge is 0.271 e. The number of hydrogen-bond acceptors (Lipinski definition) is 2. The van der Waals surface area contributed by atoms with E-state index in [1.165, 1.54) is 13.8 Å². The molecule has 0 aliphatic rings. The molecule has 0 aliphatic heterocycles. The maximum atomic E-state index is 9.55. The minimum absolute atomic E-state index is 0.167. The fraction of sp³-hybridized carbons (Fsp3) is 0.667. The van der Waals surface area contributed by atoms with Crippen LogP contribution in [-0.2, 0) is 9.36 Å². The molecule has 0 heterocycles. The molecule has 0 aromatic carbocycles. The highest BCUT2D eigenvalue weighted by Crippen LogP contribution is 2.06. The van der Waals surface area contributed by atoms with Gasteiger partial charge >= 0.3 is 0 Å². The summed E-state index contributed by atoms with van der Waals surface area (Å²) in [5, 5.41) is 0. The quantitative estimate of drug-likeness (QED) is 0.408. The molecule has 0 rings (SSSR count). The summed E-state index contributed by atoms with van der Waals surface area (Å²) in [7, 11) is -3.14. The van der Waals surface area contributed by atoms with E-state index < -0.39 is 7.59 Å². The van der Waals surface area contributed by atoms with Gasteiger partial charge < -0.3 is 4.79 Å². The second kappa shape index (κ2) is 4.64. The summed E-state index contributed by atoms with van der Waals surface area (Å²) in [4.78, 5) is 9.44. The first-order chi connectivity index (χ1) is 3.73. The van der Waals surface area contributed by atoms with Crippen LogP contribution in [0.25, 0.3) is 0 Å². The van der Waals surface area contributed by atoms with E-state index in [0.29, 0.717) is 0 Å². The molecule has 0 radical (unpaired) electrons. The summed E-state index contributed by atoms with van der Waals surface area (Å²) in [6.45, 7) is 3.06. The zero-order valence-electron chi connectivity index (χ0n) is 5.50. The van der Waals surface area contributed by atoms with Gasteiger partial charge in [-0.25, -0.2) is 0 Å². The Bertz CT molecular complexity index is 117. The highest BCUT2D eigenvalue weighted by molar-refractivity contribution is 7.56. The normalized spacial score (nSPS) is 9.44. The van der Waals surface area contributed by atoms with Gasteiger partial charge in [0, 0.05) is 0 Å². The lowest BCUT2D eigenvalue weighted by molar-refractivity contribution is -0.114. The van der Waals surface area contributed by atoms with Crippen molar-refractivity contribution < 1.29 is 9.36 Å². The van der Waals surface area contributed by atoms with Crippen LogP contribution < -0.4 is 16.5 Å². The van der Waals surface area contributed by atoms with Gasteiger partial charge in [-0.05, 0) is 13.8 Å². The zero-order valence-corrected chi connectivity index (χ0v) is 6.39. The van der Waals surface area contributed by atoms with E-state index in [4.69, 9.17) is 0 Å². The molecule has 0 bridgehead atoms. The van der Waals surface area contributed by atoms with Crippen LogP contribution in [0.4, 0.5) is 0 Å². The van der Waals surface area contributed by atoms with Crippen molar-refractivity contribution in [3.63, 3.8) is 0 Å². The van der Waals surface area contributed by atoms with Gasteiger partial charge in [0.25, 0.3) is 7.59 Å². The van der Waals surface area contributed by atoms with E-state index in [2.05, 4.69) is 16.5 Å². The minimum Gasteiger partial charge on any atom is -0.300 e. The Hall–Kier alpha value is -0.220. The van der Waals surface area contributed by atoms with Crippen LogP contribution in [0.5, 0.6) is 0 Å². The standard InChI is InChI=1S/C3H6O.H6N3OP/c1-3(2)4;1-5(2,3)4/h1-2H3;(H6,1,2,3,4). The molecule has 0 atom stereocenters. The van der Waals surface area contributed by atoms with E-state index in [1.807, 2.05) is 0 Å². The number of nitrogens with two attached hydrogens (primary N) is 3. The molecular formula is C3H12N3O2P. The van der Waals surface area contributed by atoms with E-state index in [-0.39, 0.29) is 5.78 Å². The summed E-state index contributed by atoms with van der Waals surface area (Å²) in [5.74, 6) is 0.167. The first-order valence-electron chi connectivity index (χ1n) is 2.16. The van der Waals surface area contributed by atoms with Crippen molar-refractivity contribution in [3.8, 4) is 0 Å². The van der Waals surface area contributed by atoms with Crippen molar-refractivity contribution in [1.29, 1.82) is 0 Å². The van der Waals surface area contributed by atoms with Gasteiger partial charge in [0.1, 0.15) is 5.78 Å². The molecule has 6 N–H and O–H groups in total. The van der Waals surface area contributed by atoms with Crippen molar-refractivity contribution in [3.05, 3.63) is 0 Å². The van der Waals surface area contributed by atoms with Gasteiger partial charge in [-0.1, -0.05) is 0 Å². The lowest BCUT2D eigenvalue weighted by Crippen LogP contribution is -2.12. The second-order valence-electron chi connectivity index (χ2n) is 1.67. The van der Waals surface area contributed by atoms with Gasteiger partial charge in [0.2, 0.25) is 0 Å². The van der Waals surface area contributed by atoms with Crippen LogP contribution in [-0.4, -0.2) is 5.78 Å². The first-order valence-corrected chi connectivity index (χ1v) is 4.08. The van der Waals surface area contributed by atoms with Gasteiger partial charge in [-0.2, -0.15) is 0 Å². The van der Waals surface area contributed by atoms with Crippen LogP contribution in [0.3, 0.4) is 0 Å². The molecule has 0 fully saturated rings. The Morgan fingerprint density at radius 1 is 1.22 bits per heavy atom. The number of carbonyl (C=O) groups excluding carboxylic acids is 1. The van der Waals surface area contributed by atoms with Gasteiger partial charge in [-0.15, -0.1) is 0 Å². The maximum absolute atomic E-state index is 9.55. The zero-order chi connectivity index (χ0) is 8.08. The Morgan fingerprint density at radius 3 is 1.22 bits per heavy atom. The van der Waals surface area contributed by atoms with Crippen molar-refractivity contribution in [2.75, 3.05) is 0 Å². The molecule has 0 spiro atoms. The van der Waals surface area contributed by atoms with Crippen molar-refractivity contribution in [2.24, 2.45) is 16.5 Å². The Kier molecular flexibility index (Phi) is 5.96. The first kappa shape index (κ1) is 11.6. The van der Waals surface area contributed by atoms with Crippen molar-refractivity contribution in [2.45, 2.75) is 13.8 Å². The van der Waals surface area contributed by atoms with Crippen molar-refractivity contribution in [1.82, 2.24) is 0 Å². The fourth-order valence-electron chi connectivity index (χ4n) is 0. The molecule has 0 aromatic rings. The molecule has 0 unspecified atom stereocenters. The highest BCUT2D eigenvalue weighted by Gasteiger charge is 1.90. The average Bonchev–Trinajstić information content (AvgIpc) is 1.19. The van der Waals surface area contributed by atoms with Crippen LogP contribution in [0.15, 0.2) is 0 Å². The molecule has 0 aromatic heterocycles. The molecule has 56 valence electrons. The maximum Gasteiger partial charge on any atom is 0.271 e. The third kappa shape index (κ3) is 5370. The predicted molar refractivity (Wildman–Crippen MR) is 36.5 cm³/mol. The van der Waals surface area contributed by atoms with Crippen LogP contribution in [0, 0.1) is 0 Å². The van der Waals surface area contributed by atoms with Crippen LogP contribution >= 0.6 is 7.59 Å². The summed E-state index contributed by atoms with van der Waals surface area (Å²) in [6.07, 6.45) is 0. The molecule has 6 heteroatoms. The number of rotatable bonds is 0. The van der Waals surface area contributed by atoms with Crippen LogP contribution in [0.2, 0.25) is 0 Å². The van der Waals surface area contributed by atoms with E-state index in [0.717, 1.165) is 0 Å². The summed E-state index contributed by atoms with van der Waals surface area (Å²) in [6, 6.07) is 0. The summed E-state index contributed by atoms with van der Waals surface area (Å²) >= 11 is 0. The van der Waals surface area contributed by atoms with E-state index in [1.54, 1.807) is 0 Å². The molecule has 0 amide bonds. The molecule has 0 saturated carbocycles. The van der Waals surface area contributed by atoms with Gasteiger partial charge in [-0.3, -0.25) is 21.1 Å². The lowest BCUT2D eigenvalue weighted by Gasteiger charge is -1.88. The molecule has 0 saturated heterocycles. The number of ketones is 1. The Morgan fingerprint density at radius 2 is 1.22 bits per heavy atom. The van der Waals surface area contributed by atoms with Gasteiger partial charge in [0.05, 0.1) is 0 Å². The lowest BCUT2D eigenvalue weighted by atomic mass is 10.6. The SMILES string of the molecule is CC(C)=O.NP(N)(N)=O. The molecule has 5 nitrogen and oxygen atoms in total. The van der Waals surface area contributed by atoms with Crippen LogP contribution in [0.1, 0.15) is 13.8 Å². The second-order valence-corrected chi connectivity index (χ2v) is 3.20. The van der Waals surface area contributed by atoms with E-state index >= 15 is 0 Å². The van der Waals surface area contributed by atoms with Crippen molar-refractivity contribution >= 4 is 13.4 Å². The molecule has 9 heavy (non-hydrogen) atoms. The monoisotopic (exact) mass is 153 g/mol. The highest BCUT2D eigenvalue weighted by atomic mass is 31.2. The summed E-state index contributed by atoms with van der Waals surface area (Å²) in [5.41, 5.74) is 13.4. The Labute approximate surface area is 54.1 Å². The number of carbonyl (C=O) groups is 1. The number of hydrogen-bond donors (Lipinski definition) is 3. The van der Waals surface area contributed by atoms with E-state index in [9.17, 15) is 9.36 Å². The Balaban J connectivity index is 0. The largest absolute Gasteiger partial charge is 0.300 e. The molecule has 0 aliphatic carbocycles. The fourth-order valence-corrected chi connectivity index (χ4v) is 0. The predicted octanol–water partition coefficient (Wildman–Crippen LogP) is -0.434. The third-order valence-corrected chi connectivity index (χ3v) is 0. The van der Waals surface area contributed by atoms with Gasteiger partial charge in [0.15, 0.2) is 0 Å². The third-order valence-electron chi connectivity index (χ3n) is 0. The molecular weight excluding hydrogens is 141 g/mol. The number of Topliss-reactive ketones (excluding diaryl/α,β-unsaturated/α-hetero) is 1. The average molecular weight is 153 g/mol. The minimum atomic E-state index is -3.14.